The highest BCUT2D eigenvalue weighted by molar-refractivity contribution is 7.98. The molecule has 2 N–H and O–H groups in total. The van der Waals surface area contributed by atoms with Crippen LogP contribution >= 0.6 is 11.8 Å². The maximum atomic E-state index is 11.7. The molecule has 0 aliphatic carbocycles. The molecule has 31 heavy (non-hydrogen) atoms. The van der Waals surface area contributed by atoms with Crippen LogP contribution in [-0.4, -0.2) is 46.8 Å². The third-order valence-electron chi connectivity index (χ3n) is 4.82. The predicted octanol–water partition coefficient (Wildman–Crippen LogP) is 2.47. The third kappa shape index (κ3) is 5.67. The van der Waals surface area contributed by atoms with E-state index in [-0.39, 0.29) is 0 Å². The summed E-state index contributed by atoms with van der Waals surface area (Å²) >= 11 is 1.41. The van der Waals surface area contributed by atoms with Gasteiger partial charge < -0.3 is 10.6 Å². The number of aromatic nitrogens is 1. The number of rotatable bonds is 9. The normalized spacial score (nSPS) is 10.9. The number of benzene rings is 1. The number of nitriles is 2. The Morgan fingerprint density at radius 2 is 1.74 bits per heavy atom. The average Bonchev–Trinajstić information content (AvgIpc) is 2.75. The summed E-state index contributed by atoms with van der Waals surface area (Å²) in [5, 5.41) is 20.0. The van der Waals surface area contributed by atoms with Crippen LogP contribution in [0.3, 0.4) is 0 Å². The molecule has 0 aliphatic rings. The highest BCUT2D eigenvalue weighted by Crippen LogP contribution is 2.33. The second-order valence-electron chi connectivity index (χ2n) is 6.94. The standard InChI is InChI=1S/C21H26N6O2S2/c1-5-17-18(12-23)20(26(2)11-10-22)25-21(19(17)13-24)30-14-15-6-8-16(9-7-15)27(3)31(4,28)29/h6-9H,5,10-11,14,22H2,1-4H3. The lowest BCUT2D eigenvalue weighted by Gasteiger charge is -2.22. The Morgan fingerprint density at radius 1 is 1.13 bits per heavy atom. The zero-order valence-electron chi connectivity index (χ0n) is 18.1. The lowest BCUT2D eigenvalue weighted by atomic mass is 10.0. The molecule has 0 fully saturated rings. The summed E-state index contributed by atoms with van der Waals surface area (Å²) in [6.07, 6.45) is 1.69. The van der Waals surface area contributed by atoms with Crippen LogP contribution in [-0.2, 0) is 22.2 Å². The van der Waals surface area contributed by atoms with Crippen LogP contribution in [0.4, 0.5) is 11.5 Å². The molecule has 0 saturated carbocycles. The number of hydrogen-bond donors (Lipinski definition) is 1. The fourth-order valence-corrected chi connectivity index (χ4v) is 4.47. The van der Waals surface area contributed by atoms with Crippen LogP contribution in [0.1, 0.15) is 29.2 Å². The Kier molecular flexibility index (Phi) is 8.28. The molecule has 0 radical (unpaired) electrons. The van der Waals surface area contributed by atoms with E-state index in [1.54, 1.807) is 12.1 Å². The Hall–Kier alpha value is -2.79. The van der Waals surface area contributed by atoms with Crippen molar-refractivity contribution < 1.29 is 8.42 Å². The van der Waals surface area contributed by atoms with E-state index in [0.717, 1.165) is 11.8 Å². The van der Waals surface area contributed by atoms with E-state index in [2.05, 4.69) is 17.1 Å². The first-order valence-electron chi connectivity index (χ1n) is 9.61. The first-order chi connectivity index (χ1) is 14.7. The molecule has 10 heteroatoms. The SMILES string of the molecule is CCc1c(C#N)c(SCc2ccc(N(C)S(C)(=O)=O)cc2)nc(N(C)CCN)c1C#N. The van der Waals surface area contributed by atoms with Gasteiger partial charge in [0.1, 0.15) is 23.0 Å². The van der Waals surface area contributed by atoms with Crippen LogP contribution in [0.5, 0.6) is 0 Å². The van der Waals surface area contributed by atoms with E-state index >= 15 is 0 Å². The van der Waals surface area contributed by atoms with Crippen molar-refractivity contribution in [3.63, 3.8) is 0 Å². The Bertz CT molecular complexity index is 1120. The van der Waals surface area contributed by atoms with Gasteiger partial charge in [-0.3, -0.25) is 4.31 Å². The summed E-state index contributed by atoms with van der Waals surface area (Å²) in [5.41, 5.74) is 8.71. The molecule has 0 aliphatic heterocycles. The van der Waals surface area contributed by atoms with Crippen molar-refractivity contribution >= 4 is 33.3 Å². The molecule has 164 valence electrons. The second-order valence-corrected chi connectivity index (χ2v) is 9.92. The first-order valence-corrected chi connectivity index (χ1v) is 12.4. The number of thioether (sulfide) groups is 1. The zero-order chi connectivity index (χ0) is 23.2. The quantitative estimate of drug-likeness (QED) is 0.568. The summed E-state index contributed by atoms with van der Waals surface area (Å²) in [5.74, 6) is 1.07. The highest BCUT2D eigenvalue weighted by Gasteiger charge is 2.21. The van der Waals surface area contributed by atoms with Crippen molar-refractivity contribution in [1.29, 1.82) is 10.5 Å². The predicted molar refractivity (Wildman–Crippen MR) is 125 cm³/mol. The van der Waals surface area contributed by atoms with Gasteiger partial charge in [-0.15, -0.1) is 11.8 Å². The maximum Gasteiger partial charge on any atom is 0.231 e. The lowest BCUT2D eigenvalue weighted by molar-refractivity contribution is 0.600. The van der Waals surface area contributed by atoms with Gasteiger partial charge in [-0.05, 0) is 29.7 Å². The number of pyridine rings is 1. The van der Waals surface area contributed by atoms with Crippen LogP contribution in [0.2, 0.25) is 0 Å². The summed E-state index contributed by atoms with van der Waals surface area (Å²) in [7, 11) is 0.00800. The minimum atomic E-state index is -3.32. The van der Waals surface area contributed by atoms with Gasteiger partial charge in [0.25, 0.3) is 0 Å². The van der Waals surface area contributed by atoms with Gasteiger partial charge in [0.15, 0.2) is 0 Å². The van der Waals surface area contributed by atoms with Gasteiger partial charge in [-0.1, -0.05) is 19.1 Å². The molecule has 1 aromatic carbocycles. The fourth-order valence-electron chi connectivity index (χ4n) is 3.01. The molecule has 2 rings (SSSR count). The van der Waals surface area contributed by atoms with E-state index in [1.165, 1.54) is 23.1 Å². The summed E-state index contributed by atoms with van der Waals surface area (Å²) in [6, 6.07) is 11.6. The summed E-state index contributed by atoms with van der Waals surface area (Å²) < 4.78 is 24.6. The van der Waals surface area contributed by atoms with Crippen molar-refractivity contribution in [3.05, 3.63) is 46.5 Å². The molecular weight excluding hydrogens is 432 g/mol. The molecule has 0 saturated heterocycles. The van der Waals surface area contributed by atoms with E-state index < -0.39 is 10.0 Å². The zero-order valence-corrected chi connectivity index (χ0v) is 19.7. The maximum absolute atomic E-state index is 11.7. The Balaban J connectivity index is 2.37. The number of hydrogen-bond acceptors (Lipinski definition) is 8. The van der Waals surface area contributed by atoms with Crippen molar-refractivity contribution in [1.82, 2.24) is 4.98 Å². The Morgan fingerprint density at radius 3 is 2.23 bits per heavy atom. The van der Waals surface area contributed by atoms with Crippen molar-refractivity contribution in [2.24, 2.45) is 5.73 Å². The number of likely N-dealkylation sites (N-methyl/N-ethyl adjacent to an activating group) is 1. The number of nitrogens with two attached hydrogens (primary N) is 1. The molecular formula is C21H26N6O2S2. The second kappa shape index (κ2) is 10.5. The molecule has 1 aromatic heterocycles. The van der Waals surface area contributed by atoms with Crippen LogP contribution in [0, 0.1) is 22.7 Å². The molecule has 0 bridgehead atoms. The third-order valence-corrected chi connectivity index (χ3v) is 7.08. The summed E-state index contributed by atoms with van der Waals surface area (Å²) in [4.78, 5) is 6.47. The minimum Gasteiger partial charge on any atom is -0.357 e. The van der Waals surface area contributed by atoms with Crippen molar-refractivity contribution in [2.45, 2.75) is 24.1 Å². The van der Waals surface area contributed by atoms with Crippen molar-refractivity contribution in [2.75, 3.05) is 42.6 Å². The van der Waals surface area contributed by atoms with Gasteiger partial charge >= 0.3 is 0 Å². The number of sulfonamides is 1. The van der Waals surface area contributed by atoms with Gasteiger partial charge in [-0.2, -0.15) is 10.5 Å². The molecule has 0 spiro atoms. The van der Waals surface area contributed by atoms with Crippen LogP contribution in [0.25, 0.3) is 0 Å². The van der Waals surface area contributed by atoms with Gasteiger partial charge in [0.05, 0.1) is 23.1 Å². The van der Waals surface area contributed by atoms with Gasteiger partial charge in [0, 0.05) is 32.9 Å². The number of anilines is 2. The van der Waals surface area contributed by atoms with E-state index in [1.807, 2.05) is 31.0 Å². The van der Waals surface area contributed by atoms with Crippen LogP contribution in [0.15, 0.2) is 29.3 Å². The smallest absolute Gasteiger partial charge is 0.231 e. The van der Waals surface area contributed by atoms with E-state index in [0.29, 0.717) is 58.5 Å². The average molecular weight is 459 g/mol. The van der Waals surface area contributed by atoms with E-state index in [9.17, 15) is 18.9 Å². The monoisotopic (exact) mass is 458 g/mol. The molecule has 0 unspecified atom stereocenters. The summed E-state index contributed by atoms with van der Waals surface area (Å²) in [6.45, 7) is 2.87. The van der Waals surface area contributed by atoms with Crippen molar-refractivity contribution in [3.8, 4) is 12.1 Å². The lowest BCUT2D eigenvalue weighted by Crippen LogP contribution is -2.27. The first kappa shape index (κ1) is 24.5. The largest absolute Gasteiger partial charge is 0.357 e. The molecule has 0 amide bonds. The topological polar surface area (TPSA) is 127 Å². The molecule has 2 aromatic rings. The molecule has 8 nitrogen and oxygen atoms in total. The van der Waals surface area contributed by atoms with Gasteiger partial charge in [-0.25, -0.2) is 13.4 Å². The fraction of sp³-hybridized carbons (Fsp3) is 0.381. The highest BCUT2D eigenvalue weighted by atomic mass is 32.2. The molecule has 1 heterocycles. The van der Waals surface area contributed by atoms with Gasteiger partial charge in [0.2, 0.25) is 10.0 Å². The minimum absolute atomic E-state index is 0.410. The number of nitrogens with zero attached hydrogens (tertiary/aromatic N) is 5. The Labute approximate surface area is 188 Å². The van der Waals surface area contributed by atoms with E-state index in [4.69, 9.17) is 5.73 Å². The molecule has 0 atom stereocenters. The van der Waals surface area contributed by atoms with Crippen LogP contribution < -0.4 is 14.9 Å².